The van der Waals surface area contributed by atoms with Gasteiger partial charge in [0, 0.05) is 24.4 Å². The van der Waals surface area contributed by atoms with Crippen LogP contribution in [0.15, 0.2) is 29.3 Å². The maximum Gasteiger partial charge on any atom is 0.191 e. The van der Waals surface area contributed by atoms with Crippen molar-refractivity contribution in [2.45, 2.75) is 13.5 Å². The van der Waals surface area contributed by atoms with Crippen molar-refractivity contribution in [3.8, 4) is 5.75 Å². The van der Waals surface area contributed by atoms with Crippen molar-refractivity contribution in [3.05, 3.63) is 29.8 Å². The molecule has 0 aliphatic rings. The number of methoxy groups -OCH3 is 1. The molecule has 4 nitrogen and oxygen atoms in total. The Morgan fingerprint density at radius 2 is 2.05 bits per heavy atom. The fourth-order valence-electron chi connectivity index (χ4n) is 1.61. The van der Waals surface area contributed by atoms with Gasteiger partial charge < -0.3 is 15.4 Å². The average molecular weight is 409 g/mol. The Morgan fingerprint density at radius 1 is 1.30 bits per heavy atom. The van der Waals surface area contributed by atoms with Gasteiger partial charge >= 0.3 is 0 Å². The summed E-state index contributed by atoms with van der Waals surface area (Å²) in [5.41, 5.74) is 1.09. The molecule has 0 amide bonds. The summed E-state index contributed by atoms with van der Waals surface area (Å²) in [6.07, 6.45) is 2.10. The summed E-state index contributed by atoms with van der Waals surface area (Å²) in [4.78, 5) is 4.57. The zero-order valence-electron chi connectivity index (χ0n) is 12.3. The van der Waals surface area contributed by atoms with E-state index in [2.05, 4.69) is 28.8 Å². The SMILES string of the molecule is CCNC(=NCc1ccccc1OC)NCCSC.I. The van der Waals surface area contributed by atoms with Crippen LogP contribution < -0.4 is 15.4 Å². The number of nitrogens with one attached hydrogen (secondary N) is 2. The Kier molecular flexibility index (Phi) is 11.8. The second kappa shape index (κ2) is 12.1. The van der Waals surface area contributed by atoms with Gasteiger partial charge in [0.1, 0.15) is 5.75 Å². The summed E-state index contributed by atoms with van der Waals surface area (Å²) in [5.74, 6) is 2.80. The standard InChI is InChI=1S/C14H23N3OS.HI/c1-4-15-14(16-9-10-19-3)17-11-12-7-5-6-8-13(12)18-2;/h5-8H,4,9-11H2,1-3H3,(H2,15,16,17);1H. The number of hydrogen-bond donors (Lipinski definition) is 2. The molecule has 1 rings (SSSR count). The topological polar surface area (TPSA) is 45.7 Å². The van der Waals surface area contributed by atoms with Gasteiger partial charge in [0.2, 0.25) is 0 Å². The molecule has 0 bridgehead atoms. The molecule has 0 spiro atoms. The second-order valence-electron chi connectivity index (χ2n) is 3.93. The summed E-state index contributed by atoms with van der Waals surface area (Å²) in [7, 11) is 1.68. The summed E-state index contributed by atoms with van der Waals surface area (Å²) in [5, 5.41) is 6.54. The molecule has 0 aromatic heterocycles. The fourth-order valence-corrected chi connectivity index (χ4v) is 1.92. The molecule has 0 heterocycles. The number of aliphatic imine (C=N–C) groups is 1. The predicted octanol–water partition coefficient (Wildman–Crippen LogP) is 2.73. The van der Waals surface area contributed by atoms with E-state index in [0.29, 0.717) is 6.54 Å². The molecule has 0 radical (unpaired) electrons. The third-order valence-electron chi connectivity index (χ3n) is 2.54. The van der Waals surface area contributed by atoms with Crippen LogP contribution in [0.25, 0.3) is 0 Å². The third-order valence-corrected chi connectivity index (χ3v) is 3.16. The van der Waals surface area contributed by atoms with Crippen molar-refractivity contribution in [1.82, 2.24) is 10.6 Å². The number of hydrogen-bond acceptors (Lipinski definition) is 3. The molecule has 0 aliphatic heterocycles. The molecule has 2 N–H and O–H groups in total. The molecule has 6 heteroatoms. The van der Waals surface area contributed by atoms with E-state index in [-0.39, 0.29) is 24.0 Å². The van der Waals surface area contributed by atoms with E-state index in [1.54, 1.807) is 7.11 Å². The van der Waals surface area contributed by atoms with E-state index in [1.807, 2.05) is 36.0 Å². The van der Waals surface area contributed by atoms with Crippen LogP contribution in [0.5, 0.6) is 5.75 Å². The van der Waals surface area contributed by atoms with Gasteiger partial charge in [-0.25, -0.2) is 4.99 Å². The average Bonchev–Trinajstić information content (AvgIpc) is 2.45. The first-order chi connectivity index (χ1) is 9.31. The highest BCUT2D eigenvalue weighted by molar-refractivity contribution is 14.0. The molecule has 20 heavy (non-hydrogen) atoms. The van der Waals surface area contributed by atoms with Gasteiger partial charge in [-0.2, -0.15) is 11.8 Å². The second-order valence-corrected chi connectivity index (χ2v) is 4.91. The van der Waals surface area contributed by atoms with Crippen LogP contribution in [0.1, 0.15) is 12.5 Å². The van der Waals surface area contributed by atoms with Gasteiger partial charge in [0.15, 0.2) is 5.96 Å². The molecule has 114 valence electrons. The predicted molar refractivity (Wildman–Crippen MR) is 99.6 cm³/mol. The third kappa shape index (κ3) is 7.23. The minimum Gasteiger partial charge on any atom is -0.496 e. The summed E-state index contributed by atoms with van der Waals surface area (Å²) in [6.45, 7) is 4.45. The summed E-state index contributed by atoms with van der Waals surface area (Å²) in [6, 6.07) is 7.96. The number of benzene rings is 1. The zero-order valence-corrected chi connectivity index (χ0v) is 15.5. The van der Waals surface area contributed by atoms with Crippen LogP contribution in [0.3, 0.4) is 0 Å². The maximum absolute atomic E-state index is 5.32. The van der Waals surface area contributed by atoms with E-state index < -0.39 is 0 Å². The molecule has 0 aliphatic carbocycles. The molecular weight excluding hydrogens is 385 g/mol. The Hall–Kier alpha value is -0.630. The number of rotatable bonds is 7. The van der Waals surface area contributed by atoms with Gasteiger partial charge in [0.25, 0.3) is 0 Å². The number of halogens is 1. The first-order valence-electron chi connectivity index (χ1n) is 6.44. The first-order valence-corrected chi connectivity index (χ1v) is 7.84. The van der Waals surface area contributed by atoms with Crippen molar-refractivity contribution in [2.24, 2.45) is 4.99 Å². The Balaban J connectivity index is 0.00000361. The Morgan fingerprint density at radius 3 is 2.70 bits per heavy atom. The van der Waals surface area contributed by atoms with Crippen molar-refractivity contribution in [3.63, 3.8) is 0 Å². The lowest BCUT2D eigenvalue weighted by molar-refractivity contribution is 0.410. The van der Waals surface area contributed by atoms with Gasteiger partial charge in [0.05, 0.1) is 13.7 Å². The van der Waals surface area contributed by atoms with Crippen LogP contribution in [0, 0.1) is 0 Å². The van der Waals surface area contributed by atoms with Crippen LogP contribution in [-0.2, 0) is 6.54 Å². The maximum atomic E-state index is 5.32. The highest BCUT2D eigenvalue weighted by Crippen LogP contribution is 2.17. The number of nitrogens with zero attached hydrogens (tertiary/aromatic N) is 1. The van der Waals surface area contributed by atoms with E-state index in [0.717, 1.165) is 36.1 Å². The quantitative estimate of drug-likeness (QED) is 0.315. The summed E-state index contributed by atoms with van der Waals surface area (Å²) < 4.78 is 5.32. The van der Waals surface area contributed by atoms with Gasteiger partial charge in [-0.15, -0.1) is 24.0 Å². The van der Waals surface area contributed by atoms with Crippen LogP contribution in [0.4, 0.5) is 0 Å². The van der Waals surface area contributed by atoms with Gasteiger partial charge in [-0.05, 0) is 19.2 Å². The first kappa shape index (κ1) is 19.4. The van der Waals surface area contributed by atoms with E-state index >= 15 is 0 Å². The van der Waals surface area contributed by atoms with Crippen molar-refractivity contribution in [1.29, 1.82) is 0 Å². The minimum atomic E-state index is 0. The minimum absolute atomic E-state index is 0. The lowest BCUT2D eigenvalue weighted by Gasteiger charge is -2.11. The Bertz CT molecular complexity index is 402. The monoisotopic (exact) mass is 409 g/mol. The highest BCUT2D eigenvalue weighted by Gasteiger charge is 2.01. The molecular formula is C14H24IN3OS. The molecule has 0 saturated heterocycles. The van der Waals surface area contributed by atoms with E-state index in [9.17, 15) is 0 Å². The molecule has 1 aromatic carbocycles. The van der Waals surface area contributed by atoms with E-state index in [4.69, 9.17) is 4.74 Å². The van der Waals surface area contributed by atoms with Gasteiger partial charge in [-0.3, -0.25) is 0 Å². The van der Waals surface area contributed by atoms with Crippen molar-refractivity contribution < 1.29 is 4.74 Å². The summed E-state index contributed by atoms with van der Waals surface area (Å²) >= 11 is 1.82. The van der Waals surface area contributed by atoms with Crippen LogP contribution >= 0.6 is 35.7 Å². The van der Waals surface area contributed by atoms with Gasteiger partial charge in [-0.1, -0.05) is 18.2 Å². The molecule has 0 saturated carbocycles. The van der Waals surface area contributed by atoms with Crippen LogP contribution in [0.2, 0.25) is 0 Å². The number of para-hydroxylation sites is 1. The highest BCUT2D eigenvalue weighted by atomic mass is 127. The number of guanidine groups is 1. The Labute approximate surface area is 143 Å². The molecule has 0 atom stereocenters. The van der Waals surface area contributed by atoms with E-state index in [1.165, 1.54) is 0 Å². The fraction of sp³-hybridized carbons (Fsp3) is 0.500. The lowest BCUT2D eigenvalue weighted by Crippen LogP contribution is -2.38. The smallest absolute Gasteiger partial charge is 0.191 e. The largest absolute Gasteiger partial charge is 0.496 e. The molecule has 0 fully saturated rings. The lowest BCUT2D eigenvalue weighted by atomic mass is 10.2. The zero-order chi connectivity index (χ0) is 13.9. The van der Waals surface area contributed by atoms with Crippen molar-refractivity contribution >= 4 is 41.7 Å². The number of ether oxygens (including phenoxy) is 1. The molecule has 0 unspecified atom stereocenters. The van der Waals surface area contributed by atoms with Crippen LogP contribution in [-0.4, -0.2) is 38.2 Å². The molecule has 1 aromatic rings. The normalized spacial score (nSPS) is 10.7. The van der Waals surface area contributed by atoms with Crippen molar-refractivity contribution in [2.75, 3.05) is 32.2 Å². The number of thioether (sulfide) groups is 1.